The molecule has 1 aliphatic rings. The fourth-order valence-corrected chi connectivity index (χ4v) is 1.80. The van der Waals surface area contributed by atoms with Crippen LogP contribution in [0.1, 0.15) is 45.4 Å². The van der Waals surface area contributed by atoms with Crippen LogP contribution >= 0.6 is 0 Å². The summed E-state index contributed by atoms with van der Waals surface area (Å²) >= 11 is 0. The molecule has 92 valence electrons. The molecule has 1 rings (SSSR count). The zero-order valence-electron chi connectivity index (χ0n) is 9.87. The zero-order chi connectivity index (χ0) is 11.8. The van der Waals surface area contributed by atoms with Crippen LogP contribution in [0.4, 0.5) is 0 Å². The second kappa shape index (κ2) is 7.39. The Morgan fingerprint density at radius 1 is 1.31 bits per heavy atom. The number of Topliss-reactive ketones (excluding diaryl/α,β-unsaturated/α-hetero) is 1. The van der Waals surface area contributed by atoms with Crippen LogP contribution in [0.15, 0.2) is 0 Å². The summed E-state index contributed by atoms with van der Waals surface area (Å²) in [5, 5.41) is 0. The van der Waals surface area contributed by atoms with Crippen molar-refractivity contribution in [2.75, 3.05) is 13.2 Å². The number of ketones is 1. The lowest BCUT2D eigenvalue weighted by Crippen LogP contribution is -2.22. The average molecular weight is 228 g/mol. The van der Waals surface area contributed by atoms with Gasteiger partial charge in [-0.05, 0) is 26.2 Å². The molecule has 0 aromatic carbocycles. The molecule has 1 fully saturated rings. The lowest BCUT2D eigenvalue weighted by molar-refractivity contribution is -0.144. The number of hydrogen-bond acceptors (Lipinski definition) is 4. The van der Waals surface area contributed by atoms with Gasteiger partial charge in [-0.15, -0.1) is 0 Å². The normalized spacial score (nSPS) is 20.4. The second-order valence-electron chi connectivity index (χ2n) is 4.04. The highest BCUT2D eigenvalue weighted by Crippen LogP contribution is 2.16. The molecular weight excluding hydrogens is 208 g/mol. The van der Waals surface area contributed by atoms with E-state index < -0.39 is 0 Å². The van der Waals surface area contributed by atoms with E-state index >= 15 is 0 Å². The van der Waals surface area contributed by atoms with Gasteiger partial charge < -0.3 is 9.47 Å². The molecule has 0 aliphatic carbocycles. The minimum Gasteiger partial charge on any atom is -0.466 e. The van der Waals surface area contributed by atoms with E-state index in [2.05, 4.69) is 0 Å². The van der Waals surface area contributed by atoms with E-state index in [1.807, 2.05) is 0 Å². The van der Waals surface area contributed by atoms with Crippen molar-refractivity contribution in [1.29, 1.82) is 0 Å². The molecule has 0 amide bonds. The molecule has 1 atom stereocenters. The largest absolute Gasteiger partial charge is 0.466 e. The lowest BCUT2D eigenvalue weighted by atomic mass is 10.0. The predicted octanol–water partition coefficient (Wildman–Crippen LogP) is 1.86. The molecule has 0 aromatic heterocycles. The molecule has 0 N–H and O–H groups in total. The number of hydrogen-bond donors (Lipinski definition) is 0. The van der Waals surface area contributed by atoms with Crippen LogP contribution in [0.3, 0.4) is 0 Å². The van der Waals surface area contributed by atoms with Gasteiger partial charge in [-0.1, -0.05) is 0 Å². The molecular formula is C12H20O4. The summed E-state index contributed by atoms with van der Waals surface area (Å²) < 4.78 is 10.2. The summed E-state index contributed by atoms with van der Waals surface area (Å²) in [6.45, 7) is 2.89. The van der Waals surface area contributed by atoms with Crippen LogP contribution in [0.2, 0.25) is 0 Å². The maximum Gasteiger partial charge on any atom is 0.306 e. The third-order valence-electron chi connectivity index (χ3n) is 2.64. The Kier molecular flexibility index (Phi) is 6.08. The second-order valence-corrected chi connectivity index (χ2v) is 4.04. The van der Waals surface area contributed by atoms with Crippen molar-refractivity contribution >= 4 is 11.8 Å². The highest BCUT2D eigenvalue weighted by atomic mass is 16.5. The van der Waals surface area contributed by atoms with Crippen molar-refractivity contribution in [3.8, 4) is 0 Å². The Balaban J connectivity index is 2.12. The number of ether oxygens (including phenoxy) is 2. The van der Waals surface area contributed by atoms with Crippen LogP contribution in [0, 0.1) is 0 Å². The van der Waals surface area contributed by atoms with Crippen molar-refractivity contribution in [2.24, 2.45) is 0 Å². The Labute approximate surface area is 96.3 Å². The topological polar surface area (TPSA) is 52.6 Å². The first kappa shape index (κ1) is 13.2. The summed E-state index contributed by atoms with van der Waals surface area (Å²) in [5.41, 5.74) is 0. The molecule has 1 heterocycles. The van der Waals surface area contributed by atoms with Crippen molar-refractivity contribution < 1.29 is 19.1 Å². The van der Waals surface area contributed by atoms with Crippen molar-refractivity contribution in [3.63, 3.8) is 0 Å². The number of carbonyl (C=O) groups excluding carboxylic acids is 2. The molecule has 1 unspecified atom stereocenters. The van der Waals surface area contributed by atoms with Gasteiger partial charge in [-0.25, -0.2) is 0 Å². The molecule has 16 heavy (non-hydrogen) atoms. The first-order valence-corrected chi connectivity index (χ1v) is 6.01. The SMILES string of the molecule is CCOC(=O)CCC(=O)CC1CCCCO1. The number of esters is 1. The predicted molar refractivity (Wildman–Crippen MR) is 59.1 cm³/mol. The van der Waals surface area contributed by atoms with Crippen LogP contribution < -0.4 is 0 Å². The van der Waals surface area contributed by atoms with E-state index in [4.69, 9.17) is 9.47 Å². The summed E-state index contributed by atoms with van der Waals surface area (Å²) in [5.74, 6) is -0.194. The van der Waals surface area contributed by atoms with E-state index in [9.17, 15) is 9.59 Å². The maximum absolute atomic E-state index is 11.5. The van der Waals surface area contributed by atoms with Gasteiger partial charge >= 0.3 is 5.97 Å². The Bertz CT molecular complexity index is 231. The van der Waals surface area contributed by atoms with E-state index in [1.165, 1.54) is 0 Å². The smallest absolute Gasteiger partial charge is 0.306 e. The molecule has 4 heteroatoms. The Morgan fingerprint density at radius 2 is 2.12 bits per heavy atom. The van der Waals surface area contributed by atoms with Gasteiger partial charge in [0, 0.05) is 19.4 Å². The van der Waals surface area contributed by atoms with Crippen LogP contribution in [0.25, 0.3) is 0 Å². The molecule has 0 radical (unpaired) electrons. The first-order chi connectivity index (χ1) is 7.72. The fraction of sp³-hybridized carbons (Fsp3) is 0.833. The lowest BCUT2D eigenvalue weighted by Gasteiger charge is -2.21. The van der Waals surface area contributed by atoms with Gasteiger partial charge in [0.1, 0.15) is 5.78 Å². The van der Waals surface area contributed by atoms with Crippen LogP contribution in [0.5, 0.6) is 0 Å². The molecule has 1 saturated heterocycles. The van der Waals surface area contributed by atoms with Crippen molar-refractivity contribution in [3.05, 3.63) is 0 Å². The summed E-state index contributed by atoms with van der Waals surface area (Å²) in [6.07, 6.45) is 4.18. The third kappa shape index (κ3) is 5.26. The minimum absolute atomic E-state index is 0.0726. The number of carbonyl (C=O) groups is 2. The summed E-state index contributed by atoms with van der Waals surface area (Å²) in [4.78, 5) is 22.6. The molecule has 0 saturated carbocycles. The van der Waals surface area contributed by atoms with E-state index in [0.29, 0.717) is 13.0 Å². The molecule has 0 bridgehead atoms. The highest BCUT2D eigenvalue weighted by Gasteiger charge is 2.18. The summed E-state index contributed by atoms with van der Waals surface area (Å²) in [6, 6.07) is 0. The quantitative estimate of drug-likeness (QED) is 0.651. The zero-order valence-corrected chi connectivity index (χ0v) is 9.87. The third-order valence-corrected chi connectivity index (χ3v) is 2.64. The van der Waals surface area contributed by atoms with Gasteiger partial charge in [0.15, 0.2) is 0 Å². The van der Waals surface area contributed by atoms with Gasteiger partial charge in [-0.2, -0.15) is 0 Å². The Hall–Kier alpha value is -0.900. The Morgan fingerprint density at radius 3 is 2.75 bits per heavy atom. The van der Waals surface area contributed by atoms with E-state index in [0.717, 1.165) is 25.9 Å². The monoisotopic (exact) mass is 228 g/mol. The van der Waals surface area contributed by atoms with E-state index in [-0.39, 0.29) is 30.7 Å². The van der Waals surface area contributed by atoms with Crippen LogP contribution in [-0.4, -0.2) is 31.1 Å². The average Bonchev–Trinajstić information content (AvgIpc) is 2.28. The number of rotatable bonds is 6. The summed E-state index contributed by atoms with van der Waals surface area (Å²) in [7, 11) is 0. The molecule has 0 aromatic rings. The van der Waals surface area contributed by atoms with Crippen molar-refractivity contribution in [1.82, 2.24) is 0 Å². The fourth-order valence-electron chi connectivity index (χ4n) is 1.80. The van der Waals surface area contributed by atoms with Gasteiger partial charge in [0.25, 0.3) is 0 Å². The van der Waals surface area contributed by atoms with Crippen molar-refractivity contribution in [2.45, 2.75) is 51.6 Å². The van der Waals surface area contributed by atoms with Crippen LogP contribution in [-0.2, 0) is 19.1 Å². The van der Waals surface area contributed by atoms with Gasteiger partial charge in [0.05, 0.1) is 19.1 Å². The highest BCUT2D eigenvalue weighted by molar-refractivity contribution is 5.83. The maximum atomic E-state index is 11.5. The molecule has 4 nitrogen and oxygen atoms in total. The van der Waals surface area contributed by atoms with E-state index in [1.54, 1.807) is 6.92 Å². The van der Waals surface area contributed by atoms with Gasteiger partial charge in [0.2, 0.25) is 0 Å². The minimum atomic E-state index is -0.291. The molecule has 1 aliphatic heterocycles. The molecule has 0 spiro atoms. The standard InChI is InChI=1S/C12H20O4/c1-2-15-12(14)7-6-10(13)9-11-5-3-4-8-16-11/h11H,2-9H2,1H3. The van der Waals surface area contributed by atoms with Gasteiger partial charge in [-0.3, -0.25) is 9.59 Å². The first-order valence-electron chi connectivity index (χ1n) is 6.01.